The maximum atomic E-state index is 11.9. The Balaban J connectivity index is 0.00000242. The van der Waals surface area contributed by atoms with Crippen LogP contribution in [0.3, 0.4) is 0 Å². The van der Waals surface area contributed by atoms with Gasteiger partial charge in [-0.3, -0.25) is 10.1 Å². The summed E-state index contributed by atoms with van der Waals surface area (Å²) in [7, 11) is 0. The molecule has 1 atom stereocenters. The number of hydrogen-bond acceptors (Lipinski definition) is 5. The first-order valence-electron chi connectivity index (χ1n) is 6.32. The molecule has 0 aromatic heterocycles. The van der Waals surface area contributed by atoms with Crippen molar-refractivity contribution in [2.75, 3.05) is 0 Å². The predicted molar refractivity (Wildman–Crippen MR) is 87.2 cm³/mol. The van der Waals surface area contributed by atoms with Crippen molar-refractivity contribution >= 4 is 28.6 Å². The Morgan fingerprint density at radius 2 is 1.73 bits per heavy atom. The number of ether oxygens (including phenoxy) is 1. The first-order valence-corrected chi connectivity index (χ1v) is 6.32. The van der Waals surface area contributed by atoms with E-state index in [1.165, 1.54) is 24.3 Å². The maximum Gasteiger partial charge on any atom is 0.328 e. The average molecular weight is 367 g/mol. The van der Waals surface area contributed by atoms with Crippen LogP contribution in [0.4, 0.5) is 5.69 Å². The number of hydrogen-bond donors (Lipinski definition) is 1. The number of nitro benzene ring substituents is 1. The molecule has 2 aromatic rings. The van der Waals surface area contributed by atoms with Gasteiger partial charge in [-0.2, -0.15) is 0 Å². The van der Waals surface area contributed by atoms with Gasteiger partial charge in [0.1, 0.15) is 11.8 Å². The summed E-state index contributed by atoms with van der Waals surface area (Å²) in [4.78, 5) is 21.9. The SMILES string of the molecule is Br.N[C@@H](Cc1ccccc1)C(=O)Oc1ccc([N+](=O)[O-])cc1. The molecule has 0 bridgehead atoms. The van der Waals surface area contributed by atoms with Gasteiger partial charge in [0.25, 0.3) is 5.69 Å². The minimum absolute atomic E-state index is 0. The lowest BCUT2D eigenvalue weighted by Gasteiger charge is -2.11. The van der Waals surface area contributed by atoms with Gasteiger partial charge in [-0.1, -0.05) is 30.3 Å². The third-order valence-electron chi connectivity index (χ3n) is 2.87. The quantitative estimate of drug-likeness (QED) is 0.379. The van der Waals surface area contributed by atoms with Crippen LogP contribution in [0.2, 0.25) is 0 Å². The predicted octanol–water partition coefficient (Wildman–Crippen LogP) is 2.65. The lowest BCUT2D eigenvalue weighted by atomic mass is 10.1. The number of nitro groups is 1. The average Bonchev–Trinajstić information content (AvgIpc) is 2.48. The van der Waals surface area contributed by atoms with Crippen LogP contribution >= 0.6 is 17.0 Å². The summed E-state index contributed by atoms with van der Waals surface area (Å²) < 4.78 is 5.10. The molecule has 2 N–H and O–H groups in total. The summed E-state index contributed by atoms with van der Waals surface area (Å²) in [6, 6.07) is 13.8. The number of carbonyl (C=O) groups excluding carboxylic acids is 1. The van der Waals surface area contributed by atoms with E-state index in [1.807, 2.05) is 30.3 Å². The van der Waals surface area contributed by atoms with Crippen molar-refractivity contribution in [3.05, 3.63) is 70.3 Å². The third kappa shape index (κ3) is 4.94. The van der Waals surface area contributed by atoms with E-state index in [9.17, 15) is 14.9 Å². The number of nitrogens with zero attached hydrogens (tertiary/aromatic N) is 1. The summed E-state index contributed by atoms with van der Waals surface area (Å²) in [6.07, 6.45) is 0.368. The zero-order valence-electron chi connectivity index (χ0n) is 11.5. The summed E-state index contributed by atoms with van der Waals surface area (Å²) in [5.74, 6) is -0.346. The van der Waals surface area contributed by atoms with E-state index in [2.05, 4.69) is 0 Å². The molecule has 0 amide bonds. The van der Waals surface area contributed by atoms with Crippen LogP contribution in [0, 0.1) is 10.1 Å². The highest BCUT2D eigenvalue weighted by Gasteiger charge is 2.17. The summed E-state index contributed by atoms with van der Waals surface area (Å²) >= 11 is 0. The Kier molecular flexibility index (Phi) is 6.68. The molecule has 22 heavy (non-hydrogen) atoms. The molecule has 0 heterocycles. The Morgan fingerprint density at radius 1 is 1.14 bits per heavy atom. The molecule has 2 aromatic carbocycles. The minimum atomic E-state index is -0.789. The summed E-state index contributed by atoms with van der Waals surface area (Å²) in [5, 5.41) is 10.5. The van der Waals surface area contributed by atoms with E-state index in [-0.39, 0.29) is 28.4 Å². The number of benzene rings is 2. The number of rotatable bonds is 5. The molecule has 0 fully saturated rings. The van der Waals surface area contributed by atoms with E-state index in [4.69, 9.17) is 10.5 Å². The molecule has 7 heteroatoms. The van der Waals surface area contributed by atoms with Crippen LogP contribution in [0.25, 0.3) is 0 Å². The fourth-order valence-electron chi connectivity index (χ4n) is 1.78. The Bertz CT molecular complexity index is 632. The smallest absolute Gasteiger partial charge is 0.328 e. The van der Waals surface area contributed by atoms with Crippen LogP contribution in [-0.2, 0) is 11.2 Å². The van der Waals surface area contributed by atoms with Crippen molar-refractivity contribution in [1.29, 1.82) is 0 Å². The molecular formula is C15H15BrN2O4. The highest BCUT2D eigenvalue weighted by atomic mass is 79.9. The van der Waals surface area contributed by atoms with Gasteiger partial charge in [-0.25, -0.2) is 4.79 Å². The minimum Gasteiger partial charge on any atom is -0.425 e. The van der Waals surface area contributed by atoms with Crippen molar-refractivity contribution in [2.24, 2.45) is 5.73 Å². The zero-order chi connectivity index (χ0) is 15.2. The van der Waals surface area contributed by atoms with Gasteiger partial charge in [0, 0.05) is 12.1 Å². The van der Waals surface area contributed by atoms with Crippen LogP contribution in [0.15, 0.2) is 54.6 Å². The molecule has 2 rings (SSSR count). The molecule has 0 aliphatic rings. The first-order chi connectivity index (χ1) is 10.1. The molecule has 0 aliphatic heterocycles. The normalized spacial score (nSPS) is 11.1. The Hall–Kier alpha value is -2.25. The maximum absolute atomic E-state index is 11.9. The first kappa shape index (κ1) is 17.8. The van der Waals surface area contributed by atoms with E-state index in [1.54, 1.807) is 0 Å². The molecule has 0 unspecified atom stereocenters. The summed E-state index contributed by atoms with van der Waals surface area (Å²) in [5.41, 5.74) is 6.66. The molecule has 6 nitrogen and oxygen atoms in total. The Labute approximate surface area is 137 Å². The molecule has 0 spiro atoms. The van der Waals surface area contributed by atoms with Crippen molar-refractivity contribution in [3.8, 4) is 5.75 Å². The topological polar surface area (TPSA) is 95.5 Å². The number of non-ortho nitro benzene ring substituents is 1. The van der Waals surface area contributed by atoms with E-state index < -0.39 is 16.9 Å². The molecule has 0 saturated heterocycles. The molecule has 116 valence electrons. The number of carbonyl (C=O) groups is 1. The lowest BCUT2D eigenvalue weighted by molar-refractivity contribution is -0.384. The molecule has 0 radical (unpaired) electrons. The van der Waals surface area contributed by atoms with Crippen molar-refractivity contribution in [1.82, 2.24) is 0 Å². The zero-order valence-corrected chi connectivity index (χ0v) is 13.3. The lowest BCUT2D eigenvalue weighted by Crippen LogP contribution is -2.36. The summed E-state index contributed by atoms with van der Waals surface area (Å²) in [6.45, 7) is 0. The van der Waals surface area contributed by atoms with Gasteiger partial charge in [0.2, 0.25) is 0 Å². The second-order valence-corrected chi connectivity index (χ2v) is 4.47. The Morgan fingerprint density at radius 3 is 2.27 bits per heavy atom. The second-order valence-electron chi connectivity index (χ2n) is 4.47. The fourth-order valence-corrected chi connectivity index (χ4v) is 1.78. The van der Waals surface area contributed by atoms with Gasteiger partial charge in [-0.05, 0) is 24.1 Å². The van der Waals surface area contributed by atoms with E-state index in [0.717, 1.165) is 5.56 Å². The molecule has 0 aliphatic carbocycles. The standard InChI is InChI=1S/C15H14N2O4.BrH/c16-14(10-11-4-2-1-3-5-11)15(18)21-13-8-6-12(7-9-13)17(19)20;/h1-9,14H,10,16H2;1H/t14-;/m0./s1. The van der Waals surface area contributed by atoms with Crippen molar-refractivity contribution in [2.45, 2.75) is 12.5 Å². The molecular weight excluding hydrogens is 352 g/mol. The molecule has 0 saturated carbocycles. The van der Waals surface area contributed by atoms with Crippen molar-refractivity contribution < 1.29 is 14.5 Å². The highest BCUT2D eigenvalue weighted by molar-refractivity contribution is 8.93. The van der Waals surface area contributed by atoms with E-state index in [0.29, 0.717) is 6.42 Å². The second kappa shape index (κ2) is 8.26. The highest BCUT2D eigenvalue weighted by Crippen LogP contribution is 2.17. The van der Waals surface area contributed by atoms with Crippen LogP contribution in [0.1, 0.15) is 5.56 Å². The van der Waals surface area contributed by atoms with Gasteiger partial charge in [0.05, 0.1) is 4.92 Å². The van der Waals surface area contributed by atoms with Gasteiger partial charge in [-0.15, -0.1) is 17.0 Å². The third-order valence-corrected chi connectivity index (χ3v) is 2.87. The monoisotopic (exact) mass is 366 g/mol. The van der Waals surface area contributed by atoms with E-state index >= 15 is 0 Å². The number of nitrogens with two attached hydrogens (primary N) is 1. The van der Waals surface area contributed by atoms with Crippen LogP contribution < -0.4 is 10.5 Å². The van der Waals surface area contributed by atoms with Crippen LogP contribution in [-0.4, -0.2) is 16.9 Å². The fraction of sp³-hybridized carbons (Fsp3) is 0.133. The number of halogens is 1. The van der Waals surface area contributed by atoms with Gasteiger partial charge >= 0.3 is 5.97 Å². The van der Waals surface area contributed by atoms with Crippen LogP contribution in [0.5, 0.6) is 5.75 Å². The largest absolute Gasteiger partial charge is 0.425 e. The van der Waals surface area contributed by atoms with Gasteiger partial charge in [0.15, 0.2) is 0 Å². The van der Waals surface area contributed by atoms with Crippen molar-refractivity contribution in [3.63, 3.8) is 0 Å². The number of esters is 1. The van der Waals surface area contributed by atoms with Gasteiger partial charge < -0.3 is 10.5 Å².